The third-order valence-corrected chi connectivity index (χ3v) is 11.9. The van der Waals surface area contributed by atoms with Crippen LogP contribution in [0.4, 0.5) is 18.9 Å². The zero-order valence-electron chi connectivity index (χ0n) is 25.2. The van der Waals surface area contributed by atoms with Crippen molar-refractivity contribution in [2.45, 2.75) is 68.5 Å². The molecule has 240 valence electrons. The molecule has 1 atom stereocenters. The summed E-state index contributed by atoms with van der Waals surface area (Å²) >= 11 is 6.03. The molecule has 0 radical (unpaired) electrons. The summed E-state index contributed by atoms with van der Waals surface area (Å²) in [6, 6.07) is 11.1. The number of sulfonamides is 1. The van der Waals surface area contributed by atoms with Crippen molar-refractivity contribution in [3.63, 3.8) is 0 Å². The van der Waals surface area contributed by atoms with Crippen molar-refractivity contribution in [2.24, 2.45) is 5.41 Å². The Hall–Kier alpha value is -3.15. The number of carbonyl (C=O) groups is 1. The van der Waals surface area contributed by atoms with Crippen LogP contribution in [0.25, 0.3) is 0 Å². The summed E-state index contributed by atoms with van der Waals surface area (Å²) in [6.45, 7) is 7.28. The Bertz CT molecular complexity index is 1700. The van der Waals surface area contributed by atoms with E-state index in [4.69, 9.17) is 11.6 Å². The highest BCUT2D eigenvalue weighted by Gasteiger charge is 2.42. The van der Waals surface area contributed by atoms with Gasteiger partial charge >= 0.3 is 6.18 Å². The van der Waals surface area contributed by atoms with Gasteiger partial charge < -0.3 is 9.80 Å². The molecule has 3 aromatic rings. The summed E-state index contributed by atoms with van der Waals surface area (Å²) in [5.74, 6) is -0.0843. The molecule has 3 aliphatic rings. The molecule has 2 saturated heterocycles. The van der Waals surface area contributed by atoms with E-state index in [0.717, 1.165) is 50.4 Å². The van der Waals surface area contributed by atoms with Crippen molar-refractivity contribution in [3.05, 3.63) is 88.2 Å². The quantitative estimate of drug-likeness (QED) is 0.320. The molecule has 1 aromatic heterocycles. The number of nitrogens with one attached hydrogen (secondary N) is 1. The minimum absolute atomic E-state index is 0.0843. The second-order valence-electron chi connectivity index (χ2n) is 13.2. The van der Waals surface area contributed by atoms with Crippen LogP contribution in [0.3, 0.4) is 0 Å². The average Bonchev–Trinajstić information content (AvgIpc) is 3.25. The van der Waals surface area contributed by atoms with Gasteiger partial charge in [0.05, 0.1) is 10.6 Å². The number of alkyl halides is 3. The van der Waals surface area contributed by atoms with Gasteiger partial charge in [-0.25, -0.2) is 13.1 Å². The van der Waals surface area contributed by atoms with Crippen LogP contribution in [-0.4, -0.2) is 50.4 Å². The fraction of sp³-hybridized carbons (Fsp3) is 0.455. The molecule has 1 aliphatic carbocycles. The fourth-order valence-electron chi connectivity index (χ4n) is 7.24. The number of anilines is 1. The summed E-state index contributed by atoms with van der Waals surface area (Å²) in [6.07, 6.45) is 3.44. The van der Waals surface area contributed by atoms with Crippen molar-refractivity contribution < 1.29 is 26.4 Å². The Morgan fingerprint density at radius 1 is 0.956 bits per heavy atom. The summed E-state index contributed by atoms with van der Waals surface area (Å²) in [5.41, 5.74) is 2.10. The van der Waals surface area contributed by atoms with Gasteiger partial charge in [0.1, 0.15) is 4.90 Å². The van der Waals surface area contributed by atoms with Gasteiger partial charge in [-0.1, -0.05) is 31.5 Å². The number of likely N-dealkylation sites (tertiary alicyclic amines) is 1. The molecule has 1 unspecified atom stereocenters. The topological polar surface area (TPSA) is 82.6 Å². The van der Waals surface area contributed by atoms with E-state index >= 15 is 0 Å². The number of halogens is 4. The monoisotopic (exact) mass is 660 g/mol. The number of nitrogens with zero attached hydrogens (tertiary/aromatic N) is 3. The Labute approximate surface area is 266 Å². The largest absolute Gasteiger partial charge is 0.416 e. The maximum Gasteiger partial charge on any atom is 0.416 e. The van der Waals surface area contributed by atoms with Crippen LogP contribution in [0.1, 0.15) is 79.0 Å². The van der Waals surface area contributed by atoms with E-state index in [1.165, 1.54) is 5.69 Å². The average molecular weight is 661 g/mol. The van der Waals surface area contributed by atoms with Crippen LogP contribution < -0.4 is 9.62 Å². The van der Waals surface area contributed by atoms with Crippen molar-refractivity contribution in [1.29, 1.82) is 0 Å². The lowest BCUT2D eigenvalue weighted by Crippen LogP contribution is -2.48. The van der Waals surface area contributed by atoms with Gasteiger partial charge in [0.15, 0.2) is 0 Å². The van der Waals surface area contributed by atoms with Crippen molar-refractivity contribution >= 4 is 33.2 Å². The second-order valence-corrected chi connectivity index (χ2v) is 15.3. The maximum absolute atomic E-state index is 13.7. The number of hydrogen-bond acceptors (Lipinski definition) is 5. The highest BCUT2D eigenvalue weighted by Crippen LogP contribution is 2.46. The highest BCUT2D eigenvalue weighted by atomic mass is 35.5. The first kappa shape index (κ1) is 31.8. The van der Waals surface area contributed by atoms with Crippen LogP contribution >= 0.6 is 11.6 Å². The number of hydrogen-bond donors (Lipinski definition) is 1. The zero-order valence-corrected chi connectivity index (χ0v) is 26.8. The Morgan fingerprint density at radius 3 is 2.22 bits per heavy atom. The summed E-state index contributed by atoms with van der Waals surface area (Å²) < 4.78 is 68.7. The second kappa shape index (κ2) is 11.6. The predicted molar refractivity (Wildman–Crippen MR) is 167 cm³/mol. The number of carbonyl (C=O) groups excluding carboxylic acids is 1. The minimum atomic E-state index is -4.65. The first-order valence-electron chi connectivity index (χ1n) is 15.2. The molecule has 1 amide bonds. The number of piperidine rings is 2. The van der Waals surface area contributed by atoms with Crippen LogP contribution in [0, 0.1) is 5.41 Å². The van der Waals surface area contributed by atoms with Gasteiger partial charge in [0.2, 0.25) is 10.0 Å². The molecule has 2 fully saturated rings. The lowest BCUT2D eigenvalue weighted by Gasteiger charge is -2.47. The third-order valence-electron chi connectivity index (χ3n) is 9.93. The van der Waals surface area contributed by atoms with Crippen molar-refractivity contribution in [2.75, 3.05) is 31.1 Å². The van der Waals surface area contributed by atoms with Gasteiger partial charge in [-0.15, -0.1) is 0 Å². The number of pyridine rings is 1. The SMILES string of the molecule is CC1(C)CC(NS(=O)(=O)c2ccc(C(F)(F)F)cc2Cl)c2cc(C(=O)N3CCC4(CC3)CCN(c3ccncc3)CC4)ccc21. The number of benzene rings is 2. The van der Waals surface area contributed by atoms with E-state index in [1.54, 1.807) is 6.07 Å². The van der Waals surface area contributed by atoms with Crippen LogP contribution in [-0.2, 0) is 21.6 Å². The number of amides is 1. The molecular weight excluding hydrogens is 625 g/mol. The van der Waals surface area contributed by atoms with Crippen molar-refractivity contribution in [1.82, 2.24) is 14.6 Å². The first-order valence-corrected chi connectivity index (χ1v) is 17.0. The van der Waals surface area contributed by atoms with Gasteiger partial charge in [-0.3, -0.25) is 9.78 Å². The maximum atomic E-state index is 13.7. The molecule has 45 heavy (non-hydrogen) atoms. The van der Waals surface area contributed by atoms with Gasteiger partial charge in [0.25, 0.3) is 5.91 Å². The molecule has 2 aromatic carbocycles. The smallest absolute Gasteiger partial charge is 0.371 e. The van der Waals surface area contributed by atoms with Crippen LogP contribution in [0.5, 0.6) is 0 Å². The van der Waals surface area contributed by atoms with Crippen LogP contribution in [0.2, 0.25) is 5.02 Å². The summed E-state index contributed by atoms with van der Waals surface area (Å²) in [4.78, 5) is 21.7. The third kappa shape index (κ3) is 6.31. The standard InChI is InChI=1S/C33H36ClF3N4O3S/c1-31(2)21-28(39-45(43,44)29-6-4-23(20-27(29)34)33(35,36)37)25-19-22(3-5-26(25)31)30(42)41-17-11-32(12-18-41)9-15-40(16-10-32)24-7-13-38-14-8-24/h3-8,13-14,19-20,28,39H,9-12,15-18,21H2,1-2H3. The minimum Gasteiger partial charge on any atom is -0.371 e. The molecule has 12 heteroatoms. The van der Waals surface area contributed by atoms with Crippen LogP contribution in [0.15, 0.2) is 65.8 Å². The first-order chi connectivity index (χ1) is 21.2. The van der Waals surface area contributed by atoms with E-state index in [0.29, 0.717) is 42.8 Å². The number of aromatic nitrogens is 1. The summed E-state index contributed by atoms with van der Waals surface area (Å²) in [5, 5.41) is -0.510. The fourth-order valence-corrected chi connectivity index (χ4v) is 9.00. The number of fused-ring (bicyclic) bond motifs is 1. The van der Waals surface area contributed by atoms with Crippen molar-refractivity contribution in [3.8, 4) is 0 Å². The highest BCUT2D eigenvalue weighted by molar-refractivity contribution is 7.89. The Kier molecular flexibility index (Phi) is 8.19. The molecule has 3 heterocycles. The molecule has 7 nitrogen and oxygen atoms in total. The van der Waals surface area contributed by atoms with E-state index in [9.17, 15) is 26.4 Å². The lowest BCUT2D eigenvalue weighted by atomic mass is 9.71. The molecule has 1 N–H and O–H groups in total. The molecule has 0 saturated carbocycles. The molecule has 6 rings (SSSR count). The Morgan fingerprint density at radius 2 is 1.60 bits per heavy atom. The van der Waals surface area contributed by atoms with E-state index < -0.39 is 43.1 Å². The van der Waals surface area contributed by atoms with Gasteiger partial charge in [-0.05, 0) is 96.5 Å². The normalized spacial score (nSPS) is 21.2. The molecule has 0 bridgehead atoms. The number of rotatable bonds is 5. The summed E-state index contributed by atoms with van der Waals surface area (Å²) in [7, 11) is -4.27. The van der Waals surface area contributed by atoms with E-state index in [-0.39, 0.29) is 11.3 Å². The molecule has 1 spiro atoms. The zero-order chi connectivity index (χ0) is 32.2. The van der Waals surface area contributed by atoms with E-state index in [2.05, 4.69) is 14.6 Å². The molecule has 2 aliphatic heterocycles. The lowest BCUT2D eigenvalue weighted by molar-refractivity contribution is -0.137. The van der Waals surface area contributed by atoms with E-state index in [1.807, 2.05) is 55.4 Å². The molecular formula is C33H36ClF3N4O3S. The van der Waals surface area contributed by atoms with Gasteiger partial charge in [0, 0.05) is 55.9 Å². The van der Waals surface area contributed by atoms with Gasteiger partial charge in [-0.2, -0.15) is 13.2 Å². The Balaban J connectivity index is 1.15. The predicted octanol–water partition coefficient (Wildman–Crippen LogP) is 6.98.